The van der Waals surface area contributed by atoms with Crippen molar-refractivity contribution in [2.24, 2.45) is 11.8 Å². The third kappa shape index (κ3) is 6.23. The van der Waals surface area contributed by atoms with E-state index in [0.29, 0.717) is 12.5 Å². The molecule has 1 rings (SSSR count). The first-order valence-corrected chi connectivity index (χ1v) is 7.61. The molecule has 0 aromatic carbocycles. The van der Waals surface area contributed by atoms with Gasteiger partial charge in [-0.1, -0.05) is 38.7 Å². The molecule has 2 nitrogen and oxygen atoms in total. The van der Waals surface area contributed by atoms with Gasteiger partial charge in [-0.3, -0.25) is 0 Å². The monoisotopic (exact) mass is 252 g/mol. The maximum Gasteiger partial charge on any atom is 0.330 e. The molecule has 0 aliphatic heterocycles. The summed E-state index contributed by atoms with van der Waals surface area (Å²) in [4.78, 5) is 11.2. The van der Waals surface area contributed by atoms with Gasteiger partial charge in [0.15, 0.2) is 0 Å². The highest BCUT2D eigenvalue weighted by molar-refractivity contribution is 5.81. The van der Waals surface area contributed by atoms with Crippen LogP contribution in [0.5, 0.6) is 0 Å². The Morgan fingerprint density at radius 1 is 1.17 bits per heavy atom. The largest absolute Gasteiger partial charge is 0.463 e. The zero-order valence-corrected chi connectivity index (χ0v) is 12.0. The molecule has 0 radical (unpaired) electrons. The van der Waals surface area contributed by atoms with Crippen LogP contribution in [-0.4, -0.2) is 12.6 Å². The van der Waals surface area contributed by atoms with E-state index in [1.165, 1.54) is 51.4 Å². The van der Waals surface area contributed by atoms with Crippen LogP contribution in [-0.2, 0) is 9.53 Å². The number of esters is 1. The fourth-order valence-corrected chi connectivity index (χ4v) is 2.76. The van der Waals surface area contributed by atoms with Crippen molar-refractivity contribution in [1.29, 1.82) is 0 Å². The molecule has 0 heterocycles. The first-order valence-electron chi connectivity index (χ1n) is 7.61. The standard InChI is InChI=1S/C16H28O2/c1-3-5-6-7-14-8-10-15(11-9-14)12-13-16(17)18-4-2/h12-15H,3-11H2,1-2H3/b13-12+. The van der Waals surface area contributed by atoms with E-state index < -0.39 is 0 Å². The van der Waals surface area contributed by atoms with Gasteiger partial charge in [-0.2, -0.15) is 0 Å². The summed E-state index contributed by atoms with van der Waals surface area (Å²) < 4.78 is 4.89. The van der Waals surface area contributed by atoms with Crippen molar-refractivity contribution >= 4 is 5.97 Å². The Morgan fingerprint density at radius 3 is 2.50 bits per heavy atom. The predicted molar refractivity (Wildman–Crippen MR) is 75.4 cm³/mol. The highest BCUT2D eigenvalue weighted by atomic mass is 16.5. The van der Waals surface area contributed by atoms with E-state index in [2.05, 4.69) is 13.0 Å². The summed E-state index contributed by atoms with van der Waals surface area (Å²) in [5.41, 5.74) is 0. The molecule has 0 saturated heterocycles. The number of unbranched alkanes of at least 4 members (excludes halogenated alkanes) is 2. The lowest BCUT2D eigenvalue weighted by atomic mass is 9.79. The minimum atomic E-state index is -0.192. The molecular formula is C16H28O2. The van der Waals surface area contributed by atoms with Crippen LogP contribution in [0.4, 0.5) is 0 Å². The lowest BCUT2D eigenvalue weighted by Crippen LogP contribution is -2.13. The molecule has 1 aliphatic rings. The molecule has 0 atom stereocenters. The predicted octanol–water partition coefficient (Wildman–Crippen LogP) is 4.49. The lowest BCUT2D eigenvalue weighted by Gasteiger charge is -2.26. The fourth-order valence-electron chi connectivity index (χ4n) is 2.76. The van der Waals surface area contributed by atoms with Crippen molar-refractivity contribution in [3.63, 3.8) is 0 Å². The van der Waals surface area contributed by atoms with E-state index in [-0.39, 0.29) is 5.97 Å². The quantitative estimate of drug-likeness (QED) is 0.379. The van der Waals surface area contributed by atoms with E-state index in [1.807, 2.05) is 6.92 Å². The van der Waals surface area contributed by atoms with Gasteiger partial charge in [-0.25, -0.2) is 4.79 Å². The van der Waals surface area contributed by atoms with Crippen LogP contribution in [0, 0.1) is 11.8 Å². The number of carbonyl (C=O) groups excluding carboxylic acids is 1. The van der Waals surface area contributed by atoms with E-state index in [0.717, 1.165) is 5.92 Å². The van der Waals surface area contributed by atoms with Crippen LogP contribution in [0.25, 0.3) is 0 Å². The Morgan fingerprint density at radius 2 is 1.89 bits per heavy atom. The smallest absolute Gasteiger partial charge is 0.330 e. The molecule has 0 bridgehead atoms. The molecule has 1 aliphatic carbocycles. The molecule has 0 N–H and O–H groups in total. The summed E-state index contributed by atoms with van der Waals surface area (Å²) >= 11 is 0. The second kappa shape index (κ2) is 9.18. The van der Waals surface area contributed by atoms with Gasteiger partial charge in [0.25, 0.3) is 0 Å². The molecule has 104 valence electrons. The molecular weight excluding hydrogens is 224 g/mol. The molecule has 0 unspecified atom stereocenters. The van der Waals surface area contributed by atoms with Gasteiger partial charge < -0.3 is 4.74 Å². The molecule has 1 saturated carbocycles. The maximum absolute atomic E-state index is 11.2. The SMILES string of the molecule is CCCCCC1CCC(/C=C/C(=O)OCC)CC1. The highest BCUT2D eigenvalue weighted by Crippen LogP contribution is 2.32. The van der Waals surface area contributed by atoms with Crippen LogP contribution < -0.4 is 0 Å². The van der Waals surface area contributed by atoms with Crippen LogP contribution in [0.3, 0.4) is 0 Å². The molecule has 1 fully saturated rings. The second-order valence-electron chi connectivity index (χ2n) is 5.39. The number of allylic oxidation sites excluding steroid dienone is 1. The Hall–Kier alpha value is -0.790. The number of carbonyl (C=O) groups is 1. The van der Waals surface area contributed by atoms with Gasteiger partial charge in [-0.15, -0.1) is 0 Å². The summed E-state index contributed by atoms with van der Waals surface area (Å²) in [6, 6.07) is 0. The van der Waals surface area contributed by atoms with Crippen LogP contribution in [0.1, 0.15) is 65.2 Å². The number of rotatable bonds is 7. The Balaban J connectivity index is 2.16. The van der Waals surface area contributed by atoms with Gasteiger partial charge in [0, 0.05) is 6.08 Å². The fraction of sp³-hybridized carbons (Fsp3) is 0.812. The Labute approximate surface area is 112 Å². The topological polar surface area (TPSA) is 26.3 Å². The third-order valence-corrected chi connectivity index (χ3v) is 3.90. The zero-order valence-electron chi connectivity index (χ0n) is 12.0. The highest BCUT2D eigenvalue weighted by Gasteiger charge is 2.19. The van der Waals surface area contributed by atoms with Gasteiger partial charge in [0.2, 0.25) is 0 Å². The summed E-state index contributed by atoms with van der Waals surface area (Å²) in [7, 11) is 0. The third-order valence-electron chi connectivity index (χ3n) is 3.90. The van der Waals surface area contributed by atoms with Crippen molar-refractivity contribution in [2.45, 2.75) is 65.2 Å². The molecule has 18 heavy (non-hydrogen) atoms. The van der Waals surface area contributed by atoms with Crippen LogP contribution in [0.15, 0.2) is 12.2 Å². The van der Waals surface area contributed by atoms with E-state index in [9.17, 15) is 4.79 Å². The molecule has 0 aromatic rings. The Bertz CT molecular complexity index is 250. The summed E-state index contributed by atoms with van der Waals surface area (Å²) in [5, 5.41) is 0. The molecule has 0 aromatic heterocycles. The van der Waals surface area contributed by atoms with Crippen LogP contribution >= 0.6 is 0 Å². The maximum atomic E-state index is 11.2. The minimum Gasteiger partial charge on any atom is -0.463 e. The molecule has 2 heteroatoms. The van der Waals surface area contributed by atoms with Gasteiger partial charge in [0.1, 0.15) is 0 Å². The second-order valence-corrected chi connectivity index (χ2v) is 5.39. The van der Waals surface area contributed by atoms with Crippen molar-refractivity contribution in [1.82, 2.24) is 0 Å². The first-order chi connectivity index (χ1) is 8.76. The lowest BCUT2D eigenvalue weighted by molar-refractivity contribution is -0.137. The molecule has 0 amide bonds. The zero-order chi connectivity index (χ0) is 13.2. The van der Waals surface area contributed by atoms with E-state index in [1.54, 1.807) is 6.08 Å². The number of ether oxygens (including phenoxy) is 1. The van der Waals surface area contributed by atoms with Crippen molar-refractivity contribution in [3.8, 4) is 0 Å². The minimum absolute atomic E-state index is 0.192. The first kappa shape index (κ1) is 15.3. The average molecular weight is 252 g/mol. The van der Waals surface area contributed by atoms with Gasteiger partial charge in [-0.05, 0) is 44.4 Å². The Kier molecular flexibility index (Phi) is 7.79. The normalized spacial score (nSPS) is 24.3. The summed E-state index contributed by atoms with van der Waals surface area (Å²) in [6.07, 6.45) is 14.3. The summed E-state index contributed by atoms with van der Waals surface area (Å²) in [6.45, 7) is 4.57. The number of hydrogen-bond acceptors (Lipinski definition) is 2. The van der Waals surface area contributed by atoms with E-state index in [4.69, 9.17) is 4.74 Å². The van der Waals surface area contributed by atoms with Crippen molar-refractivity contribution in [3.05, 3.63) is 12.2 Å². The molecule has 0 spiro atoms. The van der Waals surface area contributed by atoms with Crippen molar-refractivity contribution < 1.29 is 9.53 Å². The van der Waals surface area contributed by atoms with Crippen molar-refractivity contribution in [2.75, 3.05) is 6.61 Å². The van der Waals surface area contributed by atoms with Gasteiger partial charge >= 0.3 is 5.97 Å². The average Bonchev–Trinajstić information content (AvgIpc) is 2.38. The van der Waals surface area contributed by atoms with Gasteiger partial charge in [0.05, 0.1) is 6.61 Å². The number of hydrogen-bond donors (Lipinski definition) is 0. The van der Waals surface area contributed by atoms with Crippen LogP contribution in [0.2, 0.25) is 0 Å². The van der Waals surface area contributed by atoms with E-state index >= 15 is 0 Å². The summed E-state index contributed by atoms with van der Waals surface area (Å²) in [5.74, 6) is 1.34.